The molecule has 6 saturated carbocycles. The number of rotatable bonds is 8. The SMILES string of the molecule is CC(OC(=O)C12CC3CC(C1)CC(C(=O)OC(C)OC1CCCCC1)(C3)C2)OC1CCCCC1. The van der Waals surface area contributed by atoms with E-state index in [1.165, 1.54) is 38.5 Å². The maximum Gasteiger partial charge on any atom is 0.314 e. The maximum atomic E-state index is 13.5. The molecule has 2 unspecified atom stereocenters. The molecule has 192 valence electrons. The molecule has 0 N–H and O–H groups in total. The smallest absolute Gasteiger partial charge is 0.314 e. The molecule has 0 aromatic rings. The summed E-state index contributed by atoms with van der Waals surface area (Å²) in [7, 11) is 0. The van der Waals surface area contributed by atoms with Gasteiger partial charge in [-0.25, -0.2) is 0 Å². The zero-order chi connectivity index (χ0) is 23.8. The molecule has 0 spiro atoms. The monoisotopic (exact) mass is 476 g/mol. The molecule has 6 aliphatic carbocycles. The maximum absolute atomic E-state index is 13.5. The van der Waals surface area contributed by atoms with Crippen LogP contribution in [0.3, 0.4) is 0 Å². The van der Waals surface area contributed by atoms with E-state index in [0.29, 0.717) is 18.3 Å². The quantitative estimate of drug-likeness (QED) is 0.314. The number of ether oxygens (including phenoxy) is 4. The topological polar surface area (TPSA) is 71.1 Å². The predicted octanol–water partition coefficient (Wildman–Crippen LogP) is 6.05. The molecular weight excluding hydrogens is 432 g/mol. The van der Waals surface area contributed by atoms with Crippen LogP contribution in [0.5, 0.6) is 0 Å². The van der Waals surface area contributed by atoms with Crippen LogP contribution in [0.15, 0.2) is 0 Å². The van der Waals surface area contributed by atoms with Crippen LogP contribution in [0.25, 0.3) is 0 Å². The highest BCUT2D eigenvalue weighted by Crippen LogP contribution is 2.66. The molecule has 0 amide bonds. The summed E-state index contributed by atoms with van der Waals surface area (Å²) in [4.78, 5) is 27.0. The normalized spacial score (nSPS) is 37.8. The Bertz CT molecular complexity index is 665. The van der Waals surface area contributed by atoms with Crippen molar-refractivity contribution >= 4 is 11.9 Å². The van der Waals surface area contributed by atoms with Gasteiger partial charge < -0.3 is 18.9 Å². The Balaban J connectivity index is 1.21. The lowest BCUT2D eigenvalue weighted by atomic mass is 9.44. The summed E-state index contributed by atoms with van der Waals surface area (Å²) in [6.07, 6.45) is 15.8. The van der Waals surface area contributed by atoms with Gasteiger partial charge in [0.2, 0.25) is 0 Å². The van der Waals surface area contributed by atoms with E-state index in [-0.39, 0.29) is 24.1 Å². The van der Waals surface area contributed by atoms with Crippen LogP contribution in [0.2, 0.25) is 0 Å². The number of carbonyl (C=O) groups excluding carboxylic acids is 2. The van der Waals surface area contributed by atoms with Crippen molar-refractivity contribution in [1.82, 2.24) is 0 Å². The molecule has 0 saturated heterocycles. The molecule has 34 heavy (non-hydrogen) atoms. The summed E-state index contributed by atoms with van der Waals surface area (Å²) in [5, 5.41) is 0. The van der Waals surface area contributed by atoms with E-state index in [9.17, 15) is 9.59 Å². The van der Waals surface area contributed by atoms with Crippen molar-refractivity contribution in [1.29, 1.82) is 0 Å². The van der Waals surface area contributed by atoms with Crippen molar-refractivity contribution in [2.45, 2.75) is 141 Å². The number of esters is 2. The lowest BCUT2D eigenvalue weighted by molar-refractivity contribution is -0.225. The molecule has 4 bridgehead atoms. The van der Waals surface area contributed by atoms with Gasteiger partial charge in [-0.15, -0.1) is 0 Å². The first kappa shape index (κ1) is 24.5. The van der Waals surface area contributed by atoms with Gasteiger partial charge in [0.15, 0.2) is 12.6 Å². The molecule has 6 aliphatic rings. The minimum atomic E-state index is -0.569. The third-order valence-corrected chi connectivity index (χ3v) is 9.35. The fourth-order valence-electron chi connectivity index (χ4n) is 8.29. The summed E-state index contributed by atoms with van der Waals surface area (Å²) < 4.78 is 24.0. The van der Waals surface area contributed by atoms with E-state index < -0.39 is 23.4 Å². The van der Waals surface area contributed by atoms with Crippen LogP contribution in [-0.4, -0.2) is 36.7 Å². The summed E-state index contributed by atoms with van der Waals surface area (Å²) in [6.45, 7) is 3.70. The van der Waals surface area contributed by atoms with Gasteiger partial charge in [0.1, 0.15) is 0 Å². The van der Waals surface area contributed by atoms with Crippen molar-refractivity contribution in [3.63, 3.8) is 0 Å². The largest absolute Gasteiger partial charge is 0.436 e. The third kappa shape index (κ3) is 5.18. The second-order valence-corrected chi connectivity index (χ2v) is 12.3. The summed E-state index contributed by atoms with van der Waals surface area (Å²) >= 11 is 0. The van der Waals surface area contributed by atoms with Gasteiger partial charge in [-0.3, -0.25) is 9.59 Å². The predicted molar refractivity (Wildman–Crippen MR) is 127 cm³/mol. The van der Waals surface area contributed by atoms with Crippen molar-refractivity contribution in [2.75, 3.05) is 0 Å². The molecule has 0 aromatic carbocycles. The first-order valence-electron chi connectivity index (χ1n) is 14.1. The minimum absolute atomic E-state index is 0.159. The van der Waals surface area contributed by atoms with Crippen molar-refractivity contribution < 1.29 is 28.5 Å². The zero-order valence-corrected chi connectivity index (χ0v) is 21.2. The molecule has 0 aliphatic heterocycles. The van der Waals surface area contributed by atoms with Gasteiger partial charge in [0.05, 0.1) is 23.0 Å². The van der Waals surface area contributed by atoms with Crippen LogP contribution in [0.4, 0.5) is 0 Å². The van der Waals surface area contributed by atoms with Crippen molar-refractivity contribution in [2.24, 2.45) is 22.7 Å². The molecule has 2 atom stereocenters. The Morgan fingerprint density at radius 3 is 1.41 bits per heavy atom. The van der Waals surface area contributed by atoms with E-state index in [1.54, 1.807) is 0 Å². The van der Waals surface area contributed by atoms with Crippen LogP contribution in [-0.2, 0) is 28.5 Å². The number of carbonyl (C=O) groups is 2. The second kappa shape index (κ2) is 10.1. The molecule has 0 aromatic heterocycles. The molecule has 6 heteroatoms. The Hall–Kier alpha value is -1.14. The Morgan fingerprint density at radius 2 is 1.03 bits per heavy atom. The molecule has 0 heterocycles. The first-order chi connectivity index (χ1) is 16.4. The standard InChI is InChI=1S/C28H44O6/c1-19(31-23-9-5-3-6-10-23)33-25(29)27-14-21-13-22(15-27)17-28(16-21,18-27)26(30)34-20(2)32-24-11-7-4-8-12-24/h19-24H,3-18H2,1-2H3. The summed E-state index contributed by atoms with van der Waals surface area (Å²) in [5.41, 5.74) is -1.14. The fraction of sp³-hybridized carbons (Fsp3) is 0.929. The zero-order valence-electron chi connectivity index (χ0n) is 21.2. The average Bonchev–Trinajstić information content (AvgIpc) is 2.79. The molecular formula is C28H44O6. The molecule has 0 radical (unpaired) electrons. The molecule has 6 fully saturated rings. The Labute approximate surface area is 204 Å². The highest BCUT2D eigenvalue weighted by molar-refractivity contribution is 5.83. The fourth-order valence-corrected chi connectivity index (χ4v) is 8.29. The van der Waals surface area contributed by atoms with Crippen molar-refractivity contribution in [3.05, 3.63) is 0 Å². The highest BCUT2D eigenvalue weighted by atomic mass is 16.7. The van der Waals surface area contributed by atoms with Gasteiger partial charge in [-0.05, 0) is 89.9 Å². The van der Waals surface area contributed by atoms with E-state index >= 15 is 0 Å². The summed E-state index contributed by atoms with van der Waals surface area (Å²) in [5.74, 6) is 0.471. The molecule has 6 nitrogen and oxygen atoms in total. The van der Waals surface area contributed by atoms with Crippen LogP contribution < -0.4 is 0 Å². The van der Waals surface area contributed by atoms with Gasteiger partial charge >= 0.3 is 11.9 Å². The first-order valence-corrected chi connectivity index (χ1v) is 14.1. The van der Waals surface area contributed by atoms with Gasteiger partial charge in [0, 0.05) is 0 Å². The van der Waals surface area contributed by atoms with Gasteiger partial charge in [-0.2, -0.15) is 0 Å². The van der Waals surface area contributed by atoms with Crippen LogP contribution in [0, 0.1) is 22.7 Å². The lowest BCUT2D eigenvalue weighted by Gasteiger charge is -2.59. The lowest BCUT2D eigenvalue weighted by Crippen LogP contribution is -2.58. The third-order valence-electron chi connectivity index (χ3n) is 9.35. The van der Waals surface area contributed by atoms with E-state index in [4.69, 9.17) is 18.9 Å². The van der Waals surface area contributed by atoms with Gasteiger partial charge in [-0.1, -0.05) is 38.5 Å². The van der Waals surface area contributed by atoms with Crippen molar-refractivity contribution in [3.8, 4) is 0 Å². The molecule has 6 rings (SSSR count). The second-order valence-electron chi connectivity index (χ2n) is 12.3. The van der Waals surface area contributed by atoms with E-state index in [1.807, 2.05) is 13.8 Å². The van der Waals surface area contributed by atoms with Gasteiger partial charge in [0.25, 0.3) is 0 Å². The number of hydrogen-bond donors (Lipinski definition) is 0. The Morgan fingerprint density at radius 1 is 0.647 bits per heavy atom. The average molecular weight is 477 g/mol. The minimum Gasteiger partial charge on any atom is -0.436 e. The van der Waals surface area contributed by atoms with Crippen LogP contribution in [0.1, 0.15) is 117 Å². The number of hydrogen-bond acceptors (Lipinski definition) is 6. The summed E-state index contributed by atoms with van der Waals surface area (Å²) in [6, 6.07) is 0. The highest BCUT2D eigenvalue weighted by Gasteiger charge is 2.64. The van der Waals surface area contributed by atoms with E-state index in [0.717, 1.165) is 57.8 Å². The Kier molecular flexibility index (Phi) is 7.28. The van der Waals surface area contributed by atoms with Crippen LogP contribution >= 0.6 is 0 Å². The van der Waals surface area contributed by atoms with E-state index in [2.05, 4.69) is 0 Å².